The summed E-state index contributed by atoms with van der Waals surface area (Å²) in [5.74, 6) is 2.31. The molecule has 0 spiro atoms. The van der Waals surface area contributed by atoms with Crippen molar-refractivity contribution in [1.29, 1.82) is 0 Å². The van der Waals surface area contributed by atoms with Crippen molar-refractivity contribution in [2.24, 2.45) is 11.8 Å². The van der Waals surface area contributed by atoms with Gasteiger partial charge in [0.2, 0.25) is 0 Å². The van der Waals surface area contributed by atoms with Gasteiger partial charge in [0.1, 0.15) is 0 Å². The SMILES string of the molecule is CC1CN(c2nc(C3CC3)c(CNC(C)(C)C)s2)CC1C. The summed E-state index contributed by atoms with van der Waals surface area (Å²) < 4.78 is 0. The molecule has 0 bridgehead atoms. The fourth-order valence-corrected chi connectivity index (χ4v) is 4.02. The summed E-state index contributed by atoms with van der Waals surface area (Å²) >= 11 is 1.92. The highest BCUT2D eigenvalue weighted by molar-refractivity contribution is 7.15. The number of anilines is 1. The molecular weight excluding hydrogens is 278 g/mol. The topological polar surface area (TPSA) is 28.2 Å². The maximum absolute atomic E-state index is 5.03. The van der Waals surface area contributed by atoms with E-state index in [9.17, 15) is 0 Å². The lowest BCUT2D eigenvalue weighted by molar-refractivity contribution is 0.425. The molecule has 2 fully saturated rings. The molecule has 1 aliphatic carbocycles. The van der Waals surface area contributed by atoms with Crippen LogP contribution in [0.3, 0.4) is 0 Å². The van der Waals surface area contributed by atoms with Gasteiger partial charge < -0.3 is 10.2 Å². The lowest BCUT2D eigenvalue weighted by atomic mass is 10.0. The second-order valence-electron chi connectivity index (χ2n) is 8.04. The molecule has 21 heavy (non-hydrogen) atoms. The molecule has 1 saturated heterocycles. The summed E-state index contributed by atoms with van der Waals surface area (Å²) in [6.45, 7) is 14.7. The molecule has 2 heterocycles. The molecular formula is C17H29N3S. The van der Waals surface area contributed by atoms with E-state index in [1.54, 1.807) is 0 Å². The van der Waals surface area contributed by atoms with Gasteiger partial charge in [0.05, 0.1) is 5.69 Å². The van der Waals surface area contributed by atoms with Gasteiger partial charge in [-0.3, -0.25) is 0 Å². The van der Waals surface area contributed by atoms with Crippen molar-refractivity contribution in [2.75, 3.05) is 18.0 Å². The summed E-state index contributed by atoms with van der Waals surface area (Å²) in [6, 6.07) is 0. The maximum Gasteiger partial charge on any atom is 0.185 e. The summed E-state index contributed by atoms with van der Waals surface area (Å²) in [6.07, 6.45) is 2.66. The molecule has 2 unspecified atom stereocenters. The van der Waals surface area contributed by atoms with E-state index in [2.05, 4.69) is 44.8 Å². The quantitative estimate of drug-likeness (QED) is 0.911. The molecule has 1 aromatic rings. The van der Waals surface area contributed by atoms with E-state index in [1.165, 1.54) is 41.6 Å². The van der Waals surface area contributed by atoms with Gasteiger partial charge in [-0.2, -0.15) is 0 Å². The van der Waals surface area contributed by atoms with Gasteiger partial charge in [0.15, 0.2) is 5.13 Å². The number of hydrogen-bond acceptors (Lipinski definition) is 4. The van der Waals surface area contributed by atoms with Crippen LogP contribution in [-0.4, -0.2) is 23.6 Å². The number of rotatable bonds is 4. The van der Waals surface area contributed by atoms with E-state index >= 15 is 0 Å². The largest absolute Gasteiger partial charge is 0.348 e. The van der Waals surface area contributed by atoms with Gasteiger partial charge >= 0.3 is 0 Å². The fraction of sp³-hybridized carbons (Fsp3) is 0.824. The first-order chi connectivity index (χ1) is 9.83. The van der Waals surface area contributed by atoms with Crippen LogP contribution in [0.4, 0.5) is 5.13 Å². The van der Waals surface area contributed by atoms with Crippen molar-refractivity contribution >= 4 is 16.5 Å². The highest BCUT2D eigenvalue weighted by Gasteiger charge is 2.33. The molecule has 1 aromatic heterocycles. The number of nitrogens with zero attached hydrogens (tertiary/aromatic N) is 2. The molecule has 1 aliphatic heterocycles. The van der Waals surface area contributed by atoms with Crippen LogP contribution in [0.1, 0.15) is 63.9 Å². The Morgan fingerprint density at radius 1 is 1.19 bits per heavy atom. The minimum absolute atomic E-state index is 0.168. The van der Waals surface area contributed by atoms with E-state index in [0.29, 0.717) is 0 Å². The summed E-state index contributed by atoms with van der Waals surface area (Å²) in [5, 5.41) is 4.90. The van der Waals surface area contributed by atoms with E-state index in [0.717, 1.165) is 24.3 Å². The van der Waals surface area contributed by atoms with Crippen LogP contribution in [0.15, 0.2) is 0 Å². The number of hydrogen-bond donors (Lipinski definition) is 1. The Balaban J connectivity index is 1.77. The molecule has 2 aliphatic rings. The summed E-state index contributed by atoms with van der Waals surface area (Å²) in [7, 11) is 0. The summed E-state index contributed by atoms with van der Waals surface area (Å²) in [4.78, 5) is 9.00. The highest BCUT2D eigenvalue weighted by atomic mass is 32.1. The van der Waals surface area contributed by atoms with E-state index in [4.69, 9.17) is 4.98 Å². The van der Waals surface area contributed by atoms with Crippen molar-refractivity contribution in [2.45, 2.75) is 65.5 Å². The third-order valence-electron chi connectivity index (χ3n) is 4.72. The van der Waals surface area contributed by atoms with Crippen LogP contribution in [0.5, 0.6) is 0 Å². The van der Waals surface area contributed by atoms with Crippen molar-refractivity contribution in [3.63, 3.8) is 0 Å². The minimum atomic E-state index is 0.168. The first kappa shape index (κ1) is 15.3. The smallest absolute Gasteiger partial charge is 0.185 e. The van der Waals surface area contributed by atoms with Gasteiger partial charge in [0.25, 0.3) is 0 Å². The lowest BCUT2D eigenvalue weighted by Gasteiger charge is -2.20. The molecule has 3 nitrogen and oxygen atoms in total. The maximum atomic E-state index is 5.03. The second-order valence-corrected chi connectivity index (χ2v) is 9.10. The standard InChI is InChI=1S/C17H29N3S/c1-11-9-20(10-12(11)2)16-19-15(13-6-7-13)14(21-16)8-18-17(3,4)5/h11-13,18H,6-10H2,1-5H3. The number of thiazole rings is 1. The third kappa shape index (κ3) is 3.59. The second kappa shape index (κ2) is 5.54. The van der Waals surface area contributed by atoms with E-state index in [1.807, 2.05) is 11.3 Å². The zero-order valence-electron chi connectivity index (χ0n) is 14.1. The Kier molecular flexibility index (Phi) is 4.04. The highest BCUT2D eigenvalue weighted by Crippen LogP contribution is 2.45. The van der Waals surface area contributed by atoms with Crippen LogP contribution in [0.2, 0.25) is 0 Å². The third-order valence-corrected chi connectivity index (χ3v) is 5.85. The normalized spacial score (nSPS) is 26.6. The molecule has 1 saturated carbocycles. The van der Waals surface area contributed by atoms with Gasteiger partial charge in [-0.1, -0.05) is 13.8 Å². The van der Waals surface area contributed by atoms with Crippen molar-refractivity contribution < 1.29 is 0 Å². The van der Waals surface area contributed by atoms with Gasteiger partial charge in [0, 0.05) is 36.0 Å². The van der Waals surface area contributed by atoms with Crippen molar-refractivity contribution in [3.05, 3.63) is 10.6 Å². The zero-order valence-corrected chi connectivity index (χ0v) is 14.9. The first-order valence-corrected chi connectivity index (χ1v) is 9.14. The molecule has 2 atom stereocenters. The fourth-order valence-electron chi connectivity index (χ4n) is 2.92. The molecule has 1 N–H and O–H groups in total. The average molecular weight is 308 g/mol. The molecule has 0 amide bonds. The Hall–Kier alpha value is -0.610. The van der Waals surface area contributed by atoms with E-state index < -0.39 is 0 Å². The lowest BCUT2D eigenvalue weighted by Crippen LogP contribution is -2.35. The zero-order chi connectivity index (χ0) is 15.2. The minimum Gasteiger partial charge on any atom is -0.348 e. The monoisotopic (exact) mass is 307 g/mol. The Bertz CT molecular complexity index is 489. The molecule has 118 valence electrons. The molecule has 0 aromatic carbocycles. The van der Waals surface area contributed by atoms with Gasteiger partial charge in [-0.05, 0) is 45.4 Å². The Morgan fingerprint density at radius 3 is 2.33 bits per heavy atom. The van der Waals surface area contributed by atoms with Gasteiger partial charge in [-0.15, -0.1) is 11.3 Å². The van der Waals surface area contributed by atoms with E-state index in [-0.39, 0.29) is 5.54 Å². The molecule has 3 rings (SSSR count). The number of nitrogens with one attached hydrogen (secondary N) is 1. The van der Waals surface area contributed by atoms with Crippen LogP contribution in [0.25, 0.3) is 0 Å². The summed E-state index contributed by atoms with van der Waals surface area (Å²) in [5.41, 5.74) is 1.56. The van der Waals surface area contributed by atoms with Crippen LogP contribution < -0.4 is 10.2 Å². The Morgan fingerprint density at radius 2 is 1.81 bits per heavy atom. The molecule has 4 heteroatoms. The van der Waals surface area contributed by atoms with Crippen molar-refractivity contribution in [1.82, 2.24) is 10.3 Å². The van der Waals surface area contributed by atoms with Gasteiger partial charge in [-0.25, -0.2) is 4.98 Å². The Labute approximate surface area is 133 Å². The first-order valence-electron chi connectivity index (χ1n) is 8.33. The van der Waals surface area contributed by atoms with Crippen LogP contribution >= 0.6 is 11.3 Å². The van der Waals surface area contributed by atoms with Crippen LogP contribution in [0, 0.1) is 11.8 Å². The predicted octanol–water partition coefficient (Wildman–Crippen LogP) is 4.00. The molecule has 0 radical (unpaired) electrons. The predicted molar refractivity (Wildman–Crippen MR) is 91.2 cm³/mol. The van der Waals surface area contributed by atoms with Crippen molar-refractivity contribution in [3.8, 4) is 0 Å². The van der Waals surface area contributed by atoms with Crippen LogP contribution in [-0.2, 0) is 6.54 Å². The number of aromatic nitrogens is 1. The average Bonchev–Trinajstić information content (AvgIpc) is 3.05.